The lowest BCUT2D eigenvalue weighted by Crippen LogP contribution is -1.98. The molecule has 0 radical (unpaired) electrons. The smallest absolute Gasteiger partial charge is 0.246 e. The molecule has 0 aliphatic rings. The summed E-state index contributed by atoms with van der Waals surface area (Å²) in [5, 5.41) is 16.5. The quantitative estimate of drug-likeness (QED) is 0.791. The molecule has 0 aliphatic carbocycles. The molecule has 0 atom stereocenters. The number of imidazole rings is 1. The first-order valence-electron chi connectivity index (χ1n) is 6.33. The molecule has 1 aromatic carbocycles. The van der Waals surface area contributed by atoms with Crippen LogP contribution in [0.15, 0.2) is 37.1 Å². The van der Waals surface area contributed by atoms with Crippen LogP contribution in [0.2, 0.25) is 0 Å². The van der Waals surface area contributed by atoms with Crippen LogP contribution in [0.25, 0.3) is 5.69 Å². The van der Waals surface area contributed by atoms with Gasteiger partial charge in [-0.2, -0.15) is 5.26 Å². The van der Waals surface area contributed by atoms with Crippen LogP contribution in [0.5, 0.6) is 0 Å². The van der Waals surface area contributed by atoms with Crippen molar-refractivity contribution in [3.8, 4) is 11.8 Å². The average molecular weight is 279 g/mol. The molecular formula is C14H13N7. The largest absolute Gasteiger partial charge is 0.323 e. The molecule has 3 rings (SSSR count). The fraction of sp³-hybridized carbons (Fsp3) is 0.143. The Bertz CT molecular complexity index is 822. The summed E-state index contributed by atoms with van der Waals surface area (Å²) in [7, 11) is 1.80. The Labute approximate surface area is 121 Å². The summed E-state index contributed by atoms with van der Waals surface area (Å²) in [5.41, 5.74) is 3.00. The van der Waals surface area contributed by atoms with Gasteiger partial charge >= 0.3 is 0 Å². The number of benzene rings is 1. The van der Waals surface area contributed by atoms with E-state index < -0.39 is 0 Å². The number of hydrogen-bond donors (Lipinski definition) is 1. The second-order valence-electron chi connectivity index (χ2n) is 4.63. The van der Waals surface area contributed by atoms with Gasteiger partial charge in [-0.15, -0.1) is 5.10 Å². The van der Waals surface area contributed by atoms with Gasteiger partial charge in [0.05, 0.1) is 23.3 Å². The van der Waals surface area contributed by atoms with E-state index in [1.807, 2.05) is 29.8 Å². The molecule has 3 aromatic rings. The molecule has 0 spiro atoms. The number of nitrogens with one attached hydrogen (secondary N) is 1. The van der Waals surface area contributed by atoms with E-state index in [4.69, 9.17) is 0 Å². The van der Waals surface area contributed by atoms with Crippen LogP contribution in [0.4, 0.5) is 11.6 Å². The van der Waals surface area contributed by atoms with E-state index in [9.17, 15) is 5.26 Å². The molecule has 0 saturated carbocycles. The van der Waals surface area contributed by atoms with Gasteiger partial charge < -0.3 is 9.88 Å². The molecule has 2 heterocycles. The SMILES string of the molecule is Cc1cn(-c2ccc(Nc3ncn(C)n3)cc2C#N)cn1. The lowest BCUT2D eigenvalue weighted by molar-refractivity contribution is 0.768. The second kappa shape index (κ2) is 5.09. The average Bonchev–Trinajstić information content (AvgIpc) is 3.07. The van der Waals surface area contributed by atoms with Gasteiger partial charge in [0.2, 0.25) is 5.95 Å². The fourth-order valence-electron chi connectivity index (χ4n) is 2.01. The predicted molar refractivity (Wildman–Crippen MR) is 77.3 cm³/mol. The molecule has 7 nitrogen and oxygen atoms in total. The Balaban J connectivity index is 1.94. The first-order chi connectivity index (χ1) is 10.2. The predicted octanol–water partition coefficient (Wildman–Crippen LogP) is 1.92. The van der Waals surface area contributed by atoms with E-state index in [0.29, 0.717) is 11.5 Å². The second-order valence-corrected chi connectivity index (χ2v) is 4.63. The van der Waals surface area contributed by atoms with Crippen molar-refractivity contribution in [3.05, 3.63) is 48.3 Å². The highest BCUT2D eigenvalue weighted by atomic mass is 15.4. The van der Waals surface area contributed by atoms with E-state index in [-0.39, 0.29) is 0 Å². The number of anilines is 2. The van der Waals surface area contributed by atoms with Crippen LogP contribution >= 0.6 is 0 Å². The summed E-state index contributed by atoms with van der Waals surface area (Å²) in [6.45, 7) is 1.91. The normalized spacial score (nSPS) is 10.3. The lowest BCUT2D eigenvalue weighted by Gasteiger charge is -2.07. The molecule has 21 heavy (non-hydrogen) atoms. The molecule has 0 amide bonds. The van der Waals surface area contributed by atoms with Crippen LogP contribution in [-0.4, -0.2) is 24.3 Å². The van der Waals surface area contributed by atoms with Crippen LogP contribution < -0.4 is 5.32 Å². The van der Waals surface area contributed by atoms with Gasteiger partial charge in [-0.1, -0.05) is 0 Å². The van der Waals surface area contributed by atoms with Crippen LogP contribution in [0, 0.1) is 18.3 Å². The Hall–Kier alpha value is -3.14. The third kappa shape index (κ3) is 2.60. The lowest BCUT2D eigenvalue weighted by atomic mass is 10.1. The van der Waals surface area contributed by atoms with Gasteiger partial charge in [0.25, 0.3) is 0 Å². The molecule has 0 fully saturated rings. The number of nitrogens with zero attached hydrogens (tertiary/aromatic N) is 6. The molecule has 1 N–H and O–H groups in total. The summed E-state index contributed by atoms with van der Waals surface area (Å²) < 4.78 is 3.44. The minimum Gasteiger partial charge on any atom is -0.323 e. The van der Waals surface area contributed by atoms with E-state index in [2.05, 4.69) is 26.5 Å². The Morgan fingerprint density at radius 1 is 1.24 bits per heavy atom. The highest BCUT2D eigenvalue weighted by molar-refractivity contribution is 5.62. The zero-order chi connectivity index (χ0) is 14.8. The van der Waals surface area contributed by atoms with Crippen molar-refractivity contribution >= 4 is 11.6 Å². The van der Waals surface area contributed by atoms with Crippen molar-refractivity contribution in [1.82, 2.24) is 24.3 Å². The molecule has 7 heteroatoms. The van der Waals surface area contributed by atoms with Gasteiger partial charge in [0.1, 0.15) is 12.4 Å². The minimum atomic E-state index is 0.493. The first kappa shape index (κ1) is 12.9. The van der Waals surface area contributed by atoms with Crippen molar-refractivity contribution in [2.24, 2.45) is 7.05 Å². The van der Waals surface area contributed by atoms with Gasteiger partial charge in [-0.3, -0.25) is 4.68 Å². The highest BCUT2D eigenvalue weighted by Gasteiger charge is 2.07. The minimum absolute atomic E-state index is 0.493. The number of aryl methyl sites for hydroxylation is 2. The molecule has 0 unspecified atom stereocenters. The Morgan fingerprint density at radius 3 is 2.71 bits per heavy atom. The van der Waals surface area contributed by atoms with Crippen molar-refractivity contribution < 1.29 is 0 Å². The van der Waals surface area contributed by atoms with Crippen molar-refractivity contribution in [2.75, 3.05) is 5.32 Å². The molecule has 104 valence electrons. The number of rotatable bonds is 3. The Morgan fingerprint density at radius 2 is 2.10 bits per heavy atom. The molecule has 0 bridgehead atoms. The standard InChI is InChI=1S/C14H13N7/c1-10-7-21(9-16-10)13-4-3-12(5-11(13)6-15)18-14-17-8-20(2)19-14/h3-5,7-9H,1-2H3,(H,18,19). The van der Waals surface area contributed by atoms with E-state index in [1.54, 1.807) is 30.5 Å². The number of hydrogen-bond acceptors (Lipinski definition) is 5. The molecule has 0 aliphatic heterocycles. The summed E-state index contributed by atoms with van der Waals surface area (Å²) in [4.78, 5) is 8.27. The maximum absolute atomic E-state index is 9.33. The highest BCUT2D eigenvalue weighted by Crippen LogP contribution is 2.21. The third-order valence-electron chi connectivity index (χ3n) is 2.96. The van der Waals surface area contributed by atoms with E-state index in [0.717, 1.165) is 17.1 Å². The third-order valence-corrected chi connectivity index (χ3v) is 2.96. The summed E-state index contributed by atoms with van der Waals surface area (Å²) in [6, 6.07) is 7.71. The van der Waals surface area contributed by atoms with Crippen LogP contribution in [0.1, 0.15) is 11.3 Å². The van der Waals surface area contributed by atoms with Gasteiger partial charge in [-0.05, 0) is 25.1 Å². The van der Waals surface area contributed by atoms with Crippen molar-refractivity contribution in [3.63, 3.8) is 0 Å². The molecule has 2 aromatic heterocycles. The zero-order valence-corrected chi connectivity index (χ0v) is 11.6. The molecule has 0 saturated heterocycles. The fourth-order valence-corrected chi connectivity index (χ4v) is 2.01. The van der Waals surface area contributed by atoms with Crippen molar-refractivity contribution in [1.29, 1.82) is 5.26 Å². The zero-order valence-electron chi connectivity index (χ0n) is 11.6. The summed E-state index contributed by atoms with van der Waals surface area (Å²) in [6.07, 6.45) is 5.18. The first-order valence-corrected chi connectivity index (χ1v) is 6.33. The molecular weight excluding hydrogens is 266 g/mol. The number of nitriles is 1. The number of aromatic nitrogens is 5. The van der Waals surface area contributed by atoms with Crippen LogP contribution in [-0.2, 0) is 7.05 Å². The van der Waals surface area contributed by atoms with Gasteiger partial charge in [0, 0.05) is 18.9 Å². The van der Waals surface area contributed by atoms with E-state index >= 15 is 0 Å². The van der Waals surface area contributed by atoms with Crippen LogP contribution in [0.3, 0.4) is 0 Å². The van der Waals surface area contributed by atoms with Crippen molar-refractivity contribution in [2.45, 2.75) is 6.92 Å². The van der Waals surface area contributed by atoms with E-state index in [1.165, 1.54) is 0 Å². The van der Waals surface area contributed by atoms with Gasteiger partial charge in [-0.25, -0.2) is 9.97 Å². The topological polar surface area (TPSA) is 84.4 Å². The maximum Gasteiger partial charge on any atom is 0.246 e. The van der Waals surface area contributed by atoms with Gasteiger partial charge in [0.15, 0.2) is 0 Å². The maximum atomic E-state index is 9.33. The monoisotopic (exact) mass is 279 g/mol. The summed E-state index contributed by atoms with van der Waals surface area (Å²) in [5.74, 6) is 0.493. The Kier molecular flexibility index (Phi) is 3.12. The summed E-state index contributed by atoms with van der Waals surface area (Å²) >= 11 is 0.